The van der Waals surface area contributed by atoms with Gasteiger partial charge in [0.1, 0.15) is 5.82 Å². The predicted molar refractivity (Wildman–Crippen MR) is 94.4 cm³/mol. The zero-order valence-corrected chi connectivity index (χ0v) is 14.9. The second-order valence-electron chi connectivity index (χ2n) is 7.52. The quantitative estimate of drug-likeness (QED) is 0.882. The molecule has 2 heterocycles. The first-order valence-corrected chi connectivity index (χ1v) is 9.05. The molecule has 4 nitrogen and oxygen atoms in total. The predicted octanol–water partition coefficient (Wildman–Crippen LogP) is 1.42. The van der Waals surface area contributed by atoms with Gasteiger partial charge in [-0.05, 0) is 43.0 Å². The molecule has 1 aromatic rings. The summed E-state index contributed by atoms with van der Waals surface area (Å²) in [5.41, 5.74) is 1.81. The van der Waals surface area contributed by atoms with Gasteiger partial charge in [-0.2, -0.15) is 0 Å². The van der Waals surface area contributed by atoms with Crippen molar-refractivity contribution in [2.75, 3.05) is 59.5 Å². The molecular weight excluding hydrogens is 305 g/mol. The third-order valence-corrected chi connectivity index (χ3v) is 5.75. The average Bonchev–Trinajstić information content (AvgIpc) is 2.95. The van der Waals surface area contributed by atoms with E-state index in [1.165, 1.54) is 6.07 Å². The fourth-order valence-electron chi connectivity index (χ4n) is 4.01. The van der Waals surface area contributed by atoms with Gasteiger partial charge < -0.3 is 14.9 Å². The normalized spacial score (nSPS) is 27.0. The molecule has 0 bridgehead atoms. The summed E-state index contributed by atoms with van der Waals surface area (Å²) in [4.78, 5) is 7.28. The van der Waals surface area contributed by atoms with Gasteiger partial charge in [-0.3, -0.25) is 4.90 Å². The number of likely N-dealkylation sites (tertiary alicyclic amines) is 1. The second-order valence-corrected chi connectivity index (χ2v) is 7.52. The Morgan fingerprint density at radius 3 is 2.50 bits per heavy atom. The Balaban J connectivity index is 1.58. The molecule has 5 heteroatoms. The monoisotopic (exact) mass is 335 g/mol. The number of hydrogen-bond acceptors (Lipinski definition) is 4. The number of aliphatic hydroxyl groups is 1. The van der Waals surface area contributed by atoms with Crippen LogP contribution in [0.1, 0.15) is 11.1 Å². The maximum atomic E-state index is 13.7. The highest BCUT2D eigenvalue weighted by Crippen LogP contribution is 2.27. The Labute approximate surface area is 144 Å². The van der Waals surface area contributed by atoms with Crippen molar-refractivity contribution < 1.29 is 9.50 Å². The third-order valence-electron chi connectivity index (χ3n) is 5.75. The van der Waals surface area contributed by atoms with Crippen molar-refractivity contribution >= 4 is 0 Å². The number of halogens is 1. The van der Waals surface area contributed by atoms with E-state index in [2.05, 4.69) is 21.7 Å². The van der Waals surface area contributed by atoms with Crippen LogP contribution in [0, 0.1) is 24.6 Å². The molecule has 1 aromatic carbocycles. The van der Waals surface area contributed by atoms with Gasteiger partial charge in [-0.1, -0.05) is 12.1 Å². The van der Waals surface area contributed by atoms with Gasteiger partial charge >= 0.3 is 0 Å². The summed E-state index contributed by atoms with van der Waals surface area (Å²) in [5, 5.41) is 9.78. The zero-order chi connectivity index (χ0) is 17.1. The molecule has 2 saturated heterocycles. The maximum absolute atomic E-state index is 13.7. The van der Waals surface area contributed by atoms with Crippen molar-refractivity contribution in [3.63, 3.8) is 0 Å². The molecule has 0 spiro atoms. The summed E-state index contributed by atoms with van der Waals surface area (Å²) in [6.45, 7) is 10.3. The summed E-state index contributed by atoms with van der Waals surface area (Å²) >= 11 is 0. The smallest absolute Gasteiger partial charge is 0.126 e. The first-order valence-electron chi connectivity index (χ1n) is 9.05. The van der Waals surface area contributed by atoms with E-state index in [4.69, 9.17) is 0 Å². The number of hydrogen-bond donors (Lipinski definition) is 1. The van der Waals surface area contributed by atoms with Crippen LogP contribution in [0.2, 0.25) is 0 Å². The SMILES string of the molecule is Cc1c(F)cccc1CN1C[C@@H](CN2CCN(C)CC2)[C@@H](CO)C1. The van der Waals surface area contributed by atoms with Crippen LogP contribution in [0.4, 0.5) is 4.39 Å². The number of nitrogens with zero attached hydrogens (tertiary/aromatic N) is 3. The summed E-state index contributed by atoms with van der Waals surface area (Å²) in [5.74, 6) is 0.713. The van der Waals surface area contributed by atoms with Crippen molar-refractivity contribution in [2.24, 2.45) is 11.8 Å². The van der Waals surface area contributed by atoms with Gasteiger partial charge in [0.25, 0.3) is 0 Å². The van der Waals surface area contributed by atoms with Crippen LogP contribution in [-0.4, -0.2) is 79.3 Å². The van der Waals surface area contributed by atoms with Crippen molar-refractivity contribution in [1.29, 1.82) is 0 Å². The lowest BCUT2D eigenvalue weighted by molar-refractivity contribution is 0.116. The van der Waals surface area contributed by atoms with E-state index < -0.39 is 0 Å². The minimum Gasteiger partial charge on any atom is -0.396 e. The van der Waals surface area contributed by atoms with E-state index in [1.54, 1.807) is 6.07 Å². The molecule has 0 saturated carbocycles. The molecule has 0 unspecified atom stereocenters. The Hall–Kier alpha value is -1.01. The first kappa shape index (κ1) is 17.8. The Bertz CT molecular complexity index is 545. The van der Waals surface area contributed by atoms with Crippen LogP contribution in [0.15, 0.2) is 18.2 Å². The highest BCUT2D eigenvalue weighted by Gasteiger charge is 2.34. The highest BCUT2D eigenvalue weighted by molar-refractivity contribution is 5.27. The molecule has 0 amide bonds. The summed E-state index contributed by atoms with van der Waals surface area (Å²) < 4.78 is 13.7. The molecule has 134 valence electrons. The minimum absolute atomic E-state index is 0.126. The molecule has 1 N–H and O–H groups in total. The number of benzene rings is 1. The Morgan fingerprint density at radius 2 is 1.79 bits per heavy atom. The van der Waals surface area contributed by atoms with Gasteiger partial charge in [0.15, 0.2) is 0 Å². The lowest BCUT2D eigenvalue weighted by atomic mass is 9.96. The third kappa shape index (κ3) is 4.14. The fraction of sp³-hybridized carbons (Fsp3) is 0.684. The van der Waals surface area contributed by atoms with Crippen LogP contribution in [0.5, 0.6) is 0 Å². The van der Waals surface area contributed by atoms with Crippen molar-refractivity contribution in [2.45, 2.75) is 13.5 Å². The first-order chi connectivity index (χ1) is 11.6. The zero-order valence-electron chi connectivity index (χ0n) is 14.9. The fourth-order valence-corrected chi connectivity index (χ4v) is 4.01. The lowest BCUT2D eigenvalue weighted by Crippen LogP contribution is -2.47. The summed E-state index contributed by atoms with van der Waals surface area (Å²) in [6.07, 6.45) is 0. The molecule has 2 aliphatic rings. The summed E-state index contributed by atoms with van der Waals surface area (Å²) in [6, 6.07) is 5.33. The van der Waals surface area contributed by atoms with Crippen molar-refractivity contribution in [3.8, 4) is 0 Å². The van der Waals surface area contributed by atoms with E-state index in [0.717, 1.165) is 63.5 Å². The molecule has 3 rings (SSSR count). The van der Waals surface area contributed by atoms with E-state index in [1.807, 2.05) is 13.0 Å². The van der Waals surface area contributed by atoms with Crippen LogP contribution < -0.4 is 0 Å². The van der Waals surface area contributed by atoms with Gasteiger partial charge in [0, 0.05) is 59.0 Å². The number of rotatable bonds is 5. The van der Waals surface area contributed by atoms with Gasteiger partial charge in [0.05, 0.1) is 0 Å². The van der Waals surface area contributed by atoms with Crippen molar-refractivity contribution in [3.05, 3.63) is 35.1 Å². The molecular formula is C19H30FN3O. The molecule has 0 aliphatic carbocycles. The van der Waals surface area contributed by atoms with Gasteiger partial charge in [-0.15, -0.1) is 0 Å². The molecule has 2 fully saturated rings. The second kappa shape index (κ2) is 7.91. The van der Waals surface area contributed by atoms with Gasteiger partial charge in [-0.25, -0.2) is 4.39 Å². The molecule has 2 aliphatic heterocycles. The largest absolute Gasteiger partial charge is 0.396 e. The Morgan fingerprint density at radius 1 is 1.08 bits per heavy atom. The average molecular weight is 335 g/mol. The van der Waals surface area contributed by atoms with Crippen LogP contribution in [-0.2, 0) is 6.54 Å². The van der Waals surface area contributed by atoms with Gasteiger partial charge in [0.2, 0.25) is 0 Å². The van der Waals surface area contributed by atoms with E-state index in [0.29, 0.717) is 11.8 Å². The van der Waals surface area contributed by atoms with Crippen molar-refractivity contribution in [1.82, 2.24) is 14.7 Å². The molecule has 2 atom stereocenters. The Kier molecular flexibility index (Phi) is 5.87. The number of aliphatic hydroxyl groups excluding tert-OH is 1. The van der Waals surface area contributed by atoms with E-state index in [9.17, 15) is 9.50 Å². The number of likely N-dealkylation sites (N-methyl/N-ethyl adjacent to an activating group) is 1. The maximum Gasteiger partial charge on any atom is 0.126 e. The highest BCUT2D eigenvalue weighted by atomic mass is 19.1. The lowest BCUT2D eigenvalue weighted by Gasteiger charge is -2.34. The van der Waals surface area contributed by atoms with E-state index in [-0.39, 0.29) is 12.4 Å². The number of piperazine rings is 1. The molecule has 0 aromatic heterocycles. The minimum atomic E-state index is -0.126. The molecule has 0 radical (unpaired) electrons. The van der Waals surface area contributed by atoms with Crippen LogP contribution in [0.3, 0.4) is 0 Å². The molecule has 24 heavy (non-hydrogen) atoms. The standard InChI is InChI=1S/C19H30FN3O/c1-15-16(4-3-5-19(15)20)10-23-12-17(18(13-23)14-24)11-22-8-6-21(2)7-9-22/h3-5,17-18,24H,6-14H2,1-2H3/t17-,18-/m1/s1. The summed E-state index contributed by atoms with van der Waals surface area (Å²) in [7, 11) is 2.17. The topological polar surface area (TPSA) is 30.0 Å². The van der Waals surface area contributed by atoms with E-state index >= 15 is 0 Å². The van der Waals surface area contributed by atoms with Crippen LogP contribution >= 0.6 is 0 Å². The van der Waals surface area contributed by atoms with Crippen LogP contribution in [0.25, 0.3) is 0 Å².